The average Bonchev–Trinajstić information content (AvgIpc) is 2.62. The molecule has 2 aromatic rings. The van der Waals surface area contributed by atoms with Gasteiger partial charge in [-0.25, -0.2) is 0 Å². The van der Waals surface area contributed by atoms with Gasteiger partial charge in [0.05, 0.1) is 16.1 Å². The number of Topliss-reactive ketones (excluding diaryl/α,β-unsaturated/α-hetero) is 1. The summed E-state index contributed by atoms with van der Waals surface area (Å²) in [6, 6.07) is 13.8. The van der Waals surface area contributed by atoms with Crippen LogP contribution in [0.1, 0.15) is 31.4 Å². The van der Waals surface area contributed by atoms with E-state index >= 15 is 0 Å². The molecule has 138 valence electrons. The fraction of sp³-hybridized carbons (Fsp3) is 0.381. The Morgan fingerprint density at radius 1 is 1.19 bits per heavy atom. The highest BCUT2D eigenvalue weighted by molar-refractivity contribution is 6.42. The number of anilines is 1. The summed E-state index contributed by atoms with van der Waals surface area (Å²) in [6.45, 7) is 3.82. The Bertz CT molecular complexity index is 837. The molecule has 0 aliphatic carbocycles. The lowest BCUT2D eigenvalue weighted by Gasteiger charge is -2.56. The van der Waals surface area contributed by atoms with E-state index in [2.05, 4.69) is 49.0 Å². The van der Waals surface area contributed by atoms with Gasteiger partial charge in [0.2, 0.25) is 0 Å². The van der Waals surface area contributed by atoms with Crippen LogP contribution in [0.15, 0.2) is 42.5 Å². The van der Waals surface area contributed by atoms with Crippen LogP contribution in [-0.2, 0) is 16.9 Å². The number of ketones is 1. The van der Waals surface area contributed by atoms with Crippen molar-refractivity contribution < 1.29 is 4.79 Å². The molecule has 0 spiro atoms. The fourth-order valence-corrected chi connectivity index (χ4v) is 4.56. The molecule has 0 saturated carbocycles. The predicted octanol–water partition coefficient (Wildman–Crippen LogP) is 5.14. The maximum atomic E-state index is 12.7. The van der Waals surface area contributed by atoms with E-state index in [1.807, 2.05) is 18.2 Å². The van der Waals surface area contributed by atoms with Gasteiger partial charge in [-0.15, -0.1) is 0 Å². The normalized spacial score (nSPS) is 22.4. The first-order valence-electron chi connectivity index (χ1n) is 8.83. The second kappa shape index (κ2) is 7.22. The number of benzene rings is 2. The summed E-state index contributed by atoms with van der Waals surface area (Å²) < 4.78 is 0. The van der Waals surface area contributed by atoms with Crippen LogP contribution in [-0.4, -0.2) is 30.8 Å². The zero-order valence-corrected chi connectivity index (χ0v) is 17.1. The third-order valence-electron chi connectivity index (χ3n) is 5.46. The molecule has 3 rings (SSSR count). The number of rotatable bonds is 4. The molecule has 1 aliphatic rings. The number of hydrogen-bond donors (Lipinski definition) is 0. The summed E-state index contributed by atoms with van der Waals surface area (Å²) in [7, 11) is 4.13. The highest BCUT2D eigenvalue weighted by Crippen LogP contribution is 2.46. The lowest BCUT2D eigenvalue weighted by atomic mass is 9.79. The van der Waals surface area contributed by atoms with Crippen molar-refractivity contribution in [2.24, 2.45) is 0 Å². The first-order chi connectivity index (χ1) is 12.3. The smallest absolute Gasteiger partial charge is 0.152 e. The largest absolute Gasteiger partial charge is 0.339 e. The minimum atomic E-state index is -0.442. The SMILES string of the molecule is CCC1(N(C)C)c2ccccc2CC(C(C)=O)N1c1ccc(Cl)c(Cl)c1. The van der Waals surface area contributed by atoms with Gasteiger partial charge in [-0.3, -0.25) is 9.69 Å². The third-order valence-corrected chi connectivity index (χ3v) is 6.19. The van der Waals surface area contributed by atoms with Crippen LogP contribution in [0.25, 0.3) is 0 Å². The molecule has 0 amide bonds. The number of hydrogen-bond acceptors (Lipinski definition) is 3. The van der Waals surface area contributed by atoms with Crippen LogP contribution < -0.4 is 4.90 Å². The average molecular weight is 391 g/mol. The van der Waals surface area contributed by atoms with Crippen LogP contribution in [0, 0.1) is 0 Å². The standard InChI is InChI=1S/C21H24Cl2N2O/c1-5-21(24(3)4)17-9-7-6-8-15(17)12-20(14(2)26)25(21)16-10-11-18(22)19(23)13-16/h6-11,13,20H,5,12H2,1-4H3. The maximum absolute atomic E-state index is 12.7. The Labute approximate surface area is 165 Å². The van der Waals surface area contributed by atoms with Gasteiger partial charge in [-0.2, -0.15) is 0 Å². The van der Waals surface area contributed by atoms with Crippen LogP contribution in [0.5, 0.6) is 0 Å². The van der Waals surface area contributed by atoms with Gasteiger partial charge in [-0.1, -0.05) is 54.4 Å². The summed E-state index contributed by atoms with van der Waals surface area (Å²) >= 11 is 12.5. The maximum Gasteiger partial charge on any atom is 0.152 e. The summed E-state index contributed by atoms with van der Waals surface area (Å²) in [5.41, 5.74) is 2.92. The van der Waals surface area contributed by atoms with Crippen LogP contribution in [0.2, 0.25) is 10.0 Å². The van der Waals surface area contributed by atoms with Gasteiger partial charge in [0.15, 0.2) is 5.78 Å². The Balaban J connectivity index is 2.31. The number of carbonyl (C=O) groups excluding carboxylic acids is 1. The van der Waals surface area contributed by atoms with Crippen molar-refractivity contribution in [2.75, 3.05) is 19.0 Å². The molecule has 5 heteroatoms. The first-order valence-corrected chi connectivity index (χ1v) is 9.59. The van der Waals surface area contributed by atoms with Crippen molar-refractivity contribution in [3.63, 3.8) is 0 Å². The molecule has 2 unspecified atom stereocenters. The quantitative estimate of drug-likeness (QED) is 0.721. The number of halogens is 2. The Kier molecular flexibility index (Phi) is 5.34. The topological polar surface area (TPSA) is 23.6 Å². The van der Waals surface area contributed by atoms with E-state index < -0.39 is 5.66 Å². The number of carbonyl (C=O) groups is 1. The van der Waals surface area contributed by atoms with Crippen LogP contribution in [0.3, 0.4) is 0 Å². The van der Waals surface area contributed by atoms with Gasteiger partial charge in [0.1, 0.15) is 5.66 Å². The van der Waals surface area contributed by atoms with Crippen molar-refractivity contribution in [1.29, 1.82) is 0 Å². The molecular formula is C21H24Cl2N2O. The Morgan fingerprint density at radius 2 is 1.88 bits per heavy atom. The minimum absolute atomic E-state index is 0.144. The van der Waals surface area contributed by atoms with Gasteiger partial charge < -0.3 is 4.90 Å². The molecule has 0 saturated heterocycles. The molecule has 3 nitrogen and oxygen atoms in total. The monoisotopic (exact) mass is 390 g/mol. The zero-order valence-electron chi connectivity index (χ0n) is 15.6. The molecule has 0 radical (unpaired) electrons. The molecule has 1 heterocycles. The Morgan fingerprint density at radius 3 is 2.46 bits per heavy atom. The van der Waals surface area contributed by atoms with Crippen LogP contribution >= 0.6 is 23.2 Å². The van der Waals surface area contributed by atoms with E-state index in [1.165, 1.54) is 11.1 Å². The lowest BCUT2D eigenvalue weighted by Crippen LogP contribution is -2.64. The van der Waals surface area contributed by atoms with Gasteiger partial charge in [-0.05, 0) is 56.8 Å². The highest BCUT2D eigenvalue weighted by Gasteiger charge is 2.48. The van der Waals surface area contributed by atoms with E-state index in [1.54, 1.807) is 13.0 Å². The van der Waals surface area contributed by atoms with Crippen molar-refractivity contribution in [3.05, 3.63) is 63.6 Å². The van der Waals surface area contributed by atoms with Gasteiger partial charge >= 0.3 is 0 Å². The zero-order chi connectivity index (χ0) is 19.1. The molecule has 2 aromatic carbocycles. The second-order valence-electron chi connectivity index (χ2n) is 7.02. The number of fused-ring (bicyclic) bond motifs is 1. The molecule has 0 bridgehead atoms. The van der Waals surface area contributed by atoms with E-state index in [9.17, 15) is 4.79 Å². The van der Waals surface area contributed by atoms with Crippen molar-refractivity contribution >= 4 is 34.7 Å². The lowest BCUT2D eigenvalue weighted by molar-refractivity contribution is -0.119. The first kappa shape index (κ1) is 19.2. The third kappa shape index (κ3) is 2.92. The summed E-state index contributed by atoms with van der Waals surface area (Å²) in [5.74, 6) is 0.144. The highest BCUT2D eigenvalue weighted by atomic mass is 35.5. The summed E-state index contributed by atoms with van der Waals surface area (Å²) in [4.78, 5) is 17.1. The van der Waals surface area contributed by atoms with E-state index in [4.69, 9.17) is 23.2 Å². The molecular weight excluding hydrogens is 367 g/mol. The summed E-state index contributed by atoms with van der Waals surface area (Å²) in [5, 5.41) is 1.01. The molecule has 26 heavy (non-hydrogen) atoms. The van der Waals surface area contributed by atoms with Crippen LogP contribution in [0.4, 0.5) is 5.69 Å². The molecule has 1 aliphatic heterocycles. The Hall–Kier alpha value is -1.55. The van der Waals surface area contributed by atoms with E-state index in [0.717, 1.165) is 12.1 Å². The number of nitrogens with zero attached hydrogens (tertiary/aromatic N) is 2. The molecule has 2 atom stereocenters. The molecule has 0 aromatic heterocycles. The van der Waals surface area contributed by atoms with E-state index in [0.29, 0.717) is 16.5 Å². The van der Waals surface area contributed by atoms with Crippen molar-refractivity contribution in [1.82, 2.24) is 4.90 Å². The van der Waals surface area contributed by atoms with E-state index in [-0.39, 0.29) is 11.8 Å². The second-order valence-corrected chi connectivity index (χ2v) is 7.84. The van der Waals surface area contributed by atoms with Gasteiger partial charge in [0, 0.05) is 12.1 Å². The van der Waals surface area contributed by atoms with Gasteiger partial charge in [0.25, 0.3) is 0 Å². The minimum Gasteiger partial charge on any atom is -0.339 e. The predicted molar refractivity (Wildman–Crippen MR) is 109 cm³/mol. The van der Waals surface area contributed by atoms with Crippen molar-refractivity contribution in [2.45, 2.75) is 38.4 Å². The molecule has 0 N–H and O–H groups in total. The molecule has 0 fully saturated rings. The van der Waals surface area contributed by atoms with Crippen molar-refractivity contribution in [3.8, 4) is 0 Å². The summed E-state index contributed by atoms with van der Waals surface area (Å²) in [6.07, 6.45) is 1.50. The fourth-order valence-electron chi connectivity index (χ4n) is 4.26.